The predicted octanol–water partition coefficient (Wildman–Crippen LogP) is 3.54. The number of nitrogens with zero attached hydrogens (tertiary/aromatic N) is 2. The Morgan fingerprint density at radius 3 is 2.60 bits per heavy atom. The summed E-state index contributed by atoms with van der Waals surface area (Å²) >= 11 is 0. The van der Waals surface area contributed by atoms with Crippen LogP contribution in [0, 0.1) is 0 Å². The summed E-state index contributed by atoms with van der Waals surface area (Å²) < 4.78 is 11.7. The Kier molecular flexibility index (Phi) is 4.03. The number of hydrogen-bond donors (Lipinski definition) is 2. The zero-order chi connectivity index (χ0) is 20.7. The molecule has 0 amide bonds. The van der Waals surface area contributed by atoms with Crippen molar-refractivity contribution >= 4 is 18.1 Å². The number of benzene rings is 2. The first-order valence-electron chi connectivity index (χ1n) is 9.32. The normalized spacial score (nSPS) is 19.0. The molecule has 5 rings (SSSR count). The summed E-state index contributed by atoms with van der Waals surface area (Å²) in [7, 11) is 0. The summed E-state index contributed by atoms with van der Waals surface area (Å²) in [4.78, 5) is 19.8. The minimum atomic E-state index is -1.02. The van der Waals surface area contributed by atoms with Gasteiger partial charge in [-0.3, -0.25) is 4.98 Å². The number of carboxylic acid groups (broad SMARTS) is 1. The molecule has 7 heteroatoms. The molecule has 7 nitrogen and oxygen atoms in total. The molecule has 0 unspecified atom stereocenters. The largest absolute Gasteiger partial charge is 0.478 e. The SMILES string of the molecule is NC1=N[C@@]2(CO1)c1cc(/C=C/C(=O)O)ccc1Oc1ccc(-c3cccnc3)cc12. The fraction of sp³-hybridized carbons (Fsp3) is 0.0870. The number of nitrogens with two attached hydrogens (primary N) is 1. The molecular formula is C23H17N3O4. The second-order valence-electron chi connectivity index (χ2n) is 7.08. The molecule has 1 aromatic heterocycles. The molecule has 2 aliphatic heterocycles. The van der Waals surface area contributed by atoms with Crippen molar-refractivity contribution in [2.45, 2.75) is 5.54 Å². The van der Waals surface area contributed by atoms with Crippen LogP contribution in [0.25, 0.3) is 17.2 Å². The average Bonchev–Trinajstić information content (AvgIpc) is 3.15. The standard InChI is InChI=1S/C23H17N3O4/c24-22-26-23(13-29-22)17-10-14(4-8-21(27)28)3-6-19(17)30-20-7-5-15(11-18(20)23)16-2-1-9-25-12-16/h1-12H,13H2,(H2,24,26)(H,27,28)/b8-4+/t23-/m0/s1. The maximum Gasteiger partial charge on any atom is 0.328 e. The highest BCUT2D eigenvalue weighted by Crippen LogP contribution is 2.51. The van der Waals surface area contributed by atoms with Gasteiger partial charge in [-0.15, -0.1) is 0 Å². The smallest absolute Gasteiger partial charge is 0.328 e. The van der Waals surface area contributed by atoms with Crippen molar-refractivity contribution < 1.29 is 19.4 Å². The summed E-state index contributed by atoms with van der Waals surface area (Å²) in [5.74, 6) is 0.286. The number of pyridine rings is 1. The first-order chi connectivity index (χ1) is 14.5. The van der Waals surface area contributed by atoms with E-state index < -0.39 is 11.5 Å². The van der Waals surface area contributed by atoms with Gasteiger partial charge >= 0.3 is 5.97 Å². The number of rotatable bonds is 3. The number of fused-ring (bicyclic) bond motifs is 4. The van der Waals surface area contributed by atoms with Gasteiger partial charge in [0.05, 0.1) is 0 Å². The number of hydrogen-bond acceptors (Lipinski definition) is 6. The first-order valence-corrected chi connectivity index (χ1v) is 9.32. The number of amidine groups is 1. The molecular weight excluding hydrogens is 382 g/mol. The zero-order valence-corrected chi connectivity index (χ0v) is 15.8. The van der Waals surface area contributed by atoms with E-state index in [1.54, 1.807) is 24.5 Å². The number of aliphatic imine (C=N–C) groups is 1. The van der Waals surface area contributed by atoms with Crippen molar-refractivity contribution in [3.8, 4) is 22.6 Å². The lowest BCUT2D eigenvalue weighted by Crippen LogP contribution is -2.31. The first kappa shape index (κ1) is 17.9. The number of carbonyl (C=O) groups is 1. The molecule has 0 radical (unpaired) electrons. The number of aromatic nitrogens is 1. The van der Waals surface area contributed by atoms with E-state index in [-0.39, 0.29) is 12.6 Å². The molecule has 3 heterocycles. The topological polar surface area (TPSA) is 107 Å². The molecule has 0 bridgehead atoms. The van der Waals surface area contributed by atoms with Crippen molar-refractivity contribution in [2.75, 3.05) is 6.61 Å². The van der Waals surface area contributed by atoms with Crippen LogP contribution in [-0.2, 0) is 15.1 Å². The molecule has 2 aliphatic rings. The Morgan fingerprint density at radius 1 is 1.10 bits per heavy atom. The van der Waals surface area contributed by atoms with Crippen molar-refractivity contribution in [3.63, 3.8) is 0 Å². The van der Waals surface area contributed by atoms with E-state index in [0.29, 0.717) is 17.1 Å². The van der Waals surface area contributed by atoms with Crippen molar-refractivity contribution in [1.82, 2.24) is 4.98 Å². The lowest BCUT2D eigenvalue weighted by Gasteiger charge is -2.34. The minimum absolute atomic E-state index is 0.104. The van der Waals surface area contributed by atoms with Gasteiger partial charge in [0.15, 0.2) is 5.54 Å². The summed E-state index contributed by atoms with van der Waals surface area (Å²) in [6.07, 6.45) is 6.14. The average molecular weight is 399 g/mol. The van der Waals surface area contributed by atoms with Gasteiger partial charge in [0.1, 0.15) is 18.1 Å². The summed E-state index contributed by atoms with van der Waals surface area (Å²) in [6, 6.07) is 15.3. The van der Waals surface area contributed by atoms with Gasteiger partial charge in [-0.2, -0.15) is 0 Å². The van der Waals surface area contributed by atoms with Crippen LogP contribution in [0.5, 0.6) is 11.5 Å². The third-order valence-electron chi connectivity index (χ3n) is 5.24. The van der Waals surface area contributed by atoms with Crippen LogP contribution >= 0.6 is 0 Å². The maximum absolute atomic E-state index is 10.9. The fourth-order valence-corrected chi connectivity index (χ4v) is 3.86. The second kappa shape index (κ2) is 6.73. The minimum Gasteiger partial charge on any atom is -0.478 e. The molecule has 0 saturated carbocycles. The highest BCUT2D eigenvalue weighted by atomic mass is 16.5. The lowest BCUT2D eigenvalue weighted by molar-refractivity contribution is -0.131. The Balaban J connectivity index is 1.69. The van der Waals surface area contributed by atoms with Gasteiger partial charge in [0.25, 0.3) is 6.02 Å². The summed E-state index contributed by atoms with van der Waals surface area (Å²) in [5.41, 5.74) is 9.30. The van der Waals surface area contributed by atoms with Crippen LogP contribution in [0.15, 0.2) is 72.0 Å². The molecule has 3 aromatic rings. The number of ether oxygens (including phenoxy) is 2. The van der Waals surface area contributed by atoms with Crippen molar-refractivity contribution in [3.05, 3.63) is 83.7 Å². The molecule has 148 valence electrons. The van der Waals surface area contributed by atoms with E-state index >= 15 is 0 Å². The van der Waals surface area contributed by atoms with E-state index in [2.05, 4.69) is 9.98 Å². The van der Waals surface area contributed by atoms with Gasteiger partial charge in [0, 0.05) is 35.2 Å². The van der Waals surface area contributed by atoms with Gasteiger partial charge in [-0.1, -0.05) is 18.2 Å². The highest BCUT2D eigenvalue weighted by Gasteiger charge is 2.47. The second-order valence-corrected chi connectivity index (χ2v) is 7.08. The Morgan fingerprint density at radius 2 is 1.90 bits per heavy atom. The summed E-state index contributed by atoms with van der Waals surface area (Å²) in [6.45, 7) is 0.227. The van der Waals surface area contributed by atoms with Gasteiger partial charge < -0.3 is 20.3 Å². The summed E-state index contributed by atoms with van der Waals surface area (Å²) in [5, 5.41) is 8.95. The Bertz CT molecular complexity index is 1220. The van der Waals surface area contributed by atoms with E-state index in [1.165, 1.54) is 6.08 Å². The van der Waals surface area contributed by atoms with Gasteiger partial charge in [-0.25, -0.2) is 9.79 Å². The van der Waals surface area contributed by atoms with Crippen LogP contribution < -0.4 is 10.5 Å². The number of aliphatic carboxylic acids is 1. The third-order valence-corrected chi connectivity index (χ3v) is 5.24. The molecule has 0 saturated heterocycles. The van der Waals surface area contributed by atoms with Crippen molar-refractivity contribution in [1.29, 1.82) is 0 Å². The van der Waals surface area contributed by atoms with E-state index in [0.717, 1.165) is 28.3 Å². The van der Waals surface area contributed by atoms with Crippen LogP contribution in [0.3, 0.4) is 0 Å². The fourth-order valence-electron chi connectivity index (χ4n) is 3.86. The highest BCUT2D eigenvalue weighted by molar-refractivity contribution is 5.85. The number of carboxylic acids is 1. The molecule has 1 atom stereocenters. The van der Waals surface area contributed by atoms with Crippen LogP contribution in [0.2, 0.25) is 0 Å². The molecule has 2 aromatic carbocycles. The molecule has 0 fully saturated rings. The molecule has 1 spiro atoms. The predicted molar refractivity (Wildman–Crippen MR) is 111 cm³/mol. The zero-order valence-electron chi connectivity index (χ0n) is 15.8. The van der Waals surface area contributed by atoms with E-state index in [1.807, 2.05) is 36.4 Å². The van der Waals surface area contributed by atoms with Crippen molar-refractivity contribution in [2.24, 2.45) is 10.7 Å². The van der Waals surface area contributed by atoms with Crippen LogP contribution in [0.4, 0.5) is 0 Å². The molecule has 30 heavy (non-hydrogen) atoms. The maximum atomic E-state index is 10.9. The monoisotopic (exact) mass is 399 g/mol. The Hall–Kier alpha value is -4.13. The van der Waals surface area contributed by atoms with Crippen LogP contribution in [-0.4, -0.2) is 28.7 Å². The van der Waals surface area contributed by atoms with E-state index in [4.69, 9.17) is 20.3 Å². The quantitative estimate of drug-likeness (QED) is 0.653. The van der Waals surface area contributed by atoms with Crippen LogP contribution in [0.1, 0.15) is 16.7 Å². The van der Waals surface area contributed by atoms with Gasteiger partial charge in [0.2, 0.25) is 0 Å². The lowest BCUT2D eigenvalue weighted by atomic mass is 9.80. The van der Waals surface area contributed by atoms with E-state index in [9.17, 15) is 4.79 Å². The Labute approximate surface area is 172 Å². The molecule has 3 N–H and O–H groups in total. The molecule has 0 aliphatic carbocycles. The third kappa shape index (κ3) is 2.88. The van der Waals surface area contributed by atoms with Gasteiger partial charge in [-0.05, 0) is 47.5 Å².